The summed E-state index contributed by atoms with van der Waals surface area (Å²) in [6.45, 7) is 6.09. The van der Waals surface area contributed by atoms with Crippen LogP contribution >= 0.6 is 0 Å². The van der Waals surface area contributed by atoms with Gasteiger partial charge in [-0.25, -0.2) is 5.43 Å². The summed E-state index contributed by atoms with van der Waals surface area (Å²) in [5.74, 6) is 0.682. The fourth-order valence-corrected chi connectivity index (χ4v) is 1.57. The molecule has 0 spiro atoms. The number of anilines is 1. The molecule has 2 rings (SSSR count). The zero-order valence-electron chi connectivity index (χ0n) is 10.6. The number of aryl methyl sites for hydroxylation is 1. The predicted octanol–water partition coefficient (Wildman–Crippen LogP) is 1.66. The third-order valence-corrected chi connectivity index (χ3v) is 2.46. The molecule has 1 aromatic carbocycles. The van der Waals surface area contributed by atoms with Crippen LogP contribution in [0.2, 0.25) is 0 Å². The third-order valence-electron chi connectivity index (χ3n) is 2.46. The van der Waals surface area contributed by atoms with E-state index in [9.17, 15) is 5.11 Å². The molecule has 0 bridgehead atoms. The van der Waals surface area contributed by atoms with E-state index in [-0.39, 0.29) is 12.0 Å². The Balaban J connectivity index is 2.31. The first-order valence-electron chi connectivity index (χ1n) is 5.81. The van der Waals surface area contributed by atoms with Gasteiger partial charge in [0.25, 0.3) is 0 Å². The molecule has 0 atom stereocenters. The first kappa shape index (κ1) is 13.0. The van der Waals surface area contributed by atoms with Crippen LogP contribution in [0, 0.1) is 6.92 Å². The lowest BCUT2D eigenvalue weighted by Crippen LogP contribution is -2.23. The van der Waals surface area contributed by atoms with Crippen molar-refractivity contribution in [1.82, 2.24) is 20.4 Å². The number of aromatic hydroxyl groups is 1. The topological polar surface area (TPSA) is 83.0 Å². The lowest BCUT2D eigenvalue weighted by atomic mass is 10.1. The highest BCUT2D eigenvalue weighted by molar-refractivity contribution is 5.60. The number of nitrogens with one attached hydrogen (secondary N) is 2. The van der Waals surface area contributed by atoms with Crippen molar-refractivity contribution in [2.24, 2.45) is 0 Å². The molecular weight excluding hydrogens is 242 g/mol. The van der Waals surface area contributed by atoms with Gasteiger partial charge in [-0.3, -0.25) is 5.43 Å². The van der Waals surface area contributed by atoms with E-state index in [1.54, 1.807) is 6.08 Å². The van der Waals surface area contributed by atoms with Crippen molar-refractivity contribution in [2.75, 3.05) is 12.0 Å². The van der Waals surface area contributed by atoms with E-state index < -0.39 is 0 Å². The van der Waals surface area contributed by atoms with E-state index in [1.807, 2.05) is 31.2 Å². The van der Waals surface area contributed by atoms with Gasteiger partial charge < -0.3 is 5.11 Å². The van der Waals surface area contributed by atoms with Crippen molar-refractivity contribution in [3.8, 4) is 17.4 Å². The van der Waals surface area contributed by atoms with Crippen molar-refractivity contribution in [3.05, 3.63) is 42.5 Å². The molecule has 6 nitrogen and oxygen atoms in total. The molecule has 0 fully saturated rings. The summed E-state index contributed by atoms with van der Waals surface area (Å²) in [6, 6.07) is 7.36. The number of hydrogen-bond donors (Lipinski definition) is 3. The summed E-state index contributed by atoms with van der Waals surface area (Å²) in [6.07, 6.45) is 1.69. The molecule has 1 heterocycles. The lowest BCUT2D eigenvalue weighted by molar-refractivity contribution is 0.429. The molecule has 0 aliphatic heterocycles. The number of rotatable bonds is 5. The van der Waals surface area contributed by atoms with Crippen LogP contribution in [0.25, 0.3) is 11.4 Å². The molecular formula is C13H15N5O. The van der Waals surface area contributed by atoms with E-state index in [0.29, 0.717) is 12.4 Å². The Kier molecular flexibility index (Phi) is 4.04. The number of nitrogens with zero attached hydrogens (tertiary/aromatic N) is 3. The minimum atomic E-state index is -0.323. The lowest BCUT2D eigenvalue weighted by Gasteiger charge is -2.08. The van der Waals surface area contributed by atoms with Gasteiger partial charge >= 0.3 is 6.01 Å². The molecule has 0 unspecified atom stereocenters. The molecule has 19 heavy (non-hydrogen) atoms. The molecule has 1 aromatic heterocycles. The first-order valence-corrected chi connectivity index (χ1v) is 5.81. The molecule has 6 heteroatoms. The Labute approximate surface area is 111 Å². The van der Waals surface area contributed by atoms with Gasteiger partial charge in [-0.2, -0.15) is 15.0 Å². The molecule has 0 amide bonds. The highest BCUT2D eigenvalue weighted by Crippen LogP contribution is 2.21. The second-order valence-corrected chi connectivity index (χ2v) is 3.89. The summed E-state index contributed by atoms with van der Waals surface area (Å²) in [4.78, 5) is 12.0. The molecule has 0 aliphatic rings. The van der Waals surface area contributed by atoms with Gasteiger partial charge in [-0.1, -0.05) is 30.3 Å². The zero-order chi connectivity index (χ0) is 13.7. The van der Waals surface area contributed by atoms with Crippen LogP contribution in [0.15, 0.2) is 36.9 Å². The van der Waals surface area contributed by atoms with Gasteiger partial charge in [0.15, 0.2) is 5.82 Å². The molecule has 2 aromatic rings. The van der Waals surface area contributed by atoms with Gasteiger partial charge in [-0.05, 0) is 12.5 Å². The number of aromatic nitrogens is 3. The minimum Gasteiger partial charge on any atom is -0.479 e. The molecule has 0 aliphatic carbocycles. The largest absolute Gasteiger partial charge is 0.479 e. The van der Waals surface area contributed by atoms with Crippen molar-refractivity contribution in [1.29, 1.82) is 0 Å². The monoisotopic (exact) mass is 257 g/mol. The molecule has 0 saturated heterocycles. The molecule has 0 radical (unpaired) electrons. The van der Waals surface area contributed by atoms with Crippen molar-refractivity contribution >= 4 is 5.95 Å². The van der Waals surface area contributed by atoms with Crippen LogP contribution in [-0.2, 0) is 0 Å². The van der Waals surface area contributed by atoms with E-state index in [2.05, 4.69) is 32.4 Å². The van der Waals surface area contributed by atoms with Crippen LogP contribution in [-0.4, -0.2) is 26.6 Å². The Morgan fingerprint density at radius 1 is 1.26 bits per heavy atom. The maximum atomic E-state index is 9.55. The second-order valence-electron chi connectivity index (χ2n) is 3.89. The quantitative estimate of drug-likeness (QED) is 0.429. The first-order chi connectivity index (χ1) is 9.20. The van der Waals surface area contributed by atoms with Crippen molar-refractivity contribution < 1.29 is 5.11 Å². The fraction of sp³-hybridized carbons (Fsp3) is 0.154. The smallest absolute Gasteiger partial charge is 0.319 e. The third kappa shape index (κ3) is 3.26. The van der Waals surface area contributed by atoms with Gasteiger partial charge in [0.2, 0.25) is 5.95 Å². The minimum absolute atomic E-state index is 0.257. The van der Waals surface area contributed by atoms with E-state index in [1.165, 1.54) is 0 Å². The van der Waals surface area contributed by atoms with E-state index >= 15 is 0 Å². The molecule has 3 N–H and O–H groups in total. The molecule has 98 valence electrons. The Hall–Kier alpha value is -2.47. The summed E-state index contributed by atoms with van der Waals surface area (Å²) in [5.41, 5.74) is 7.49. The zero-order valence-corrected chi connectivity index (χ0v) is 10.6. The summed E-state index contributed by atoms with van der Waals surface area (Å²) < 4.78 is 0. The second kappa shape index (κ2) is 5.92. The van der Waals surface area contributed by atoms with E-state index in [4.69, 9.17) is 0 Å². The summed E-state index contributed by atoms with van der Waals surface area (Å²) in [7, 11) is 0. The van der Waals surface area contributed by atoms with Crippen LogP contribution in [0.3, 0.4) is 0 Å². The average Bonchev–Trinajstić information content (AvgIpc) is 2.39. The van der Waals surface area contributed by atoms with Gasteiger partial charge in [-0.15, -0.1) is 6.58 Å². The van der Waals surface area contributed by atoms with Crippen LogP contribution < -0.4 is 10.9 Å². The van der Waals surface area contributed by atoms with Gasteiger partial charge in [0.05, 0.1) is 0 Å². The SMILES string of the molecule is C=CCNNc1nc(O)nc(-c2ccccc2C)n1. The van der Waals surface area contributed by atoms with Crippen LogP contribution in [0.4, 0.5) is 5.95 Å². The maximum absolute atomic E-state index is 9.55. The average molecular weight is 257 g/mol. The van der Waals surface area contributed by atoms with Crippen LogP contribution in [0.5, 0.6) is 6.01 Å². The van der Waals surface area contributed by atoms with Crippen LogP contribution in [0.1, 0.15) is 5.56 Å². The standard InChI is InChI=1S/C13H15N5O/c1-3-8-14-18-12-15-11(16-13(19)17-12)10-7-5-4-6-9(10)2/h3-7,14H,1,8H2,2H3,(H2,15,16,17,18,19). The van der Waals surface area contributed by atoms with E-state index in [0.717, 1.165) is 11.1 Å². The summed E-state index contributed by atoms with van der Waals surface area (Å²) in [5, 5.41) is 9.55. The maximum Gasteiger partial charge on any atom is 0.319 e. The highest BCUT2D eigenvalue weighted by Gasteiger charge is 2.09. The fourth-order valence-electron chi connectivity index (χ4n) is 1.57. The number of hydrogen-bond acceptors (Lipinski definition) is 6. The Morgan fingerprint density at radius 3 is 2.79 bits per heavy atom. The van der Waals surface area contributed by atoms with Gasteiger partial charge in [0.1, 0.15) is 0 Å². The predicted molar refractivity (Wildman–Crippen MR) is 73.5 cm³/mol. The molecule has 0 saturated carbocycles. The Morgan fingerprint density at radius 2 is 2.05 bits per heavy atom. The number of hydrazine groups is 1. The van der Waals surface area contributed by atoms with Crippen molar-refractivity contribution in [3.63, 3.8) is 0 Å². The highest BCUT2D eigenvalue weighted by atomic mass is 16.3. The normalized spacial score (nSPS) is 10.2. The van der Waals surface area contributed by atoms with Gasteiger partial charge in [0, 0.05) is 12.1 Å². The number of benzene rings is 1. The summed E-state index contributed by atoms with van der Waals surface area (Å²) >= 11 is 0. The Bertz CT molecular complexity index is 585. The van der Waals surface area contributed by atoms with Crippen molar-refractivity contribution in [2.45, 2.75) is 6.92 Å².